The standard InChI is InChI=1S/C22H22N2O5/c1-26-18-4-6-19(7-5-18)28-15-22(25)24-17-3-8-20(27-2)21(13-17)29-14-16-9-11-23-12-10-16/h3-13H,14-15H2,1-2H3,(H,24,25). The molecule has 0 atom stereocenters. The number of anilines is 1. The van der Waals surface area contributed by atoms with Crippen LogP contribution in [0.2, 0.25) is 0 Å². The number of benzene rings is 2. The number of nitrogens with zero attached hydrogens (tertiary/aromatic N) is 1. The second-order valence-electron chi connectivity index (χ2n) is 6.02. The Balaban J connectivity index is 1.58. The minimum Gasteiger partial charge on any atom is -0.497 e. The van der Waals surface area contributed by atoms with Crippen LogP contribution >= 0.6 is 0 Å². The van der Waals surface area contributed by atoms with Crippen molar-refractivity contribution in [3.05, 3.63) is 72.6 Å². The van der Waals surface area contributed by atoms with Crippen molar-refractivity contribution < 1.29 is 23.7 Å². The molecule has 0 radical (unpaired) electrons. The van der Waals surface area contributed by atoms with Gasteiger partial charge in [-0.25, -0.2) is 0 Å². The molecular formula is C22H22N2O5. The van der Waals surface area contributed by atoms with Crippen LogP contribution < -0.4 is 24.3 Å². The maximum atomic E-state index is 12.2. The molecule has 0 unspecified atom stereocenters. The first-order valence-electron chi connectivity index (χ1n) is 8.94. The summed E-state index contributed by atoms with van der Waals surface area (Å²) in [6, 6.07) is 15.9. The Morgan fingerprint density at radius 2 is 1.59 bits per heavy atom. The Morgan fingerprint density at radius 3 is 2.28 bits per heavy atom. The maximum Gasteiger partial charge on any atom is 0.262 e. The third-order valence-electron chi connectivity index (χ3n) is 4.02. The Bertz CT molecular complexity index is 930. The number of aromatic nitrogens is 1. The van der Waals surface area contributed by atoms with Gasteiger partial charge in [-0.05, 0) is 54.1 Å². The van der Waals surface area contributed by atoms with E-state index < -0.39 is 0 Å². The van der Waals surface area contributed by atoms with Gasteiger partial charge in [-0.3, -0.25) is 9.78 Å². The smallest absolute Gasteiger partial charge is 0.262 e. The maximum absolute atomic E-state index is 12.2. The summed E-state index contributed by atoms with van der Waals surface area (Å²) in [4.78, 5) is 16.2. The molecule has 0 bridgehead atoms. The Kier molecular flexibility index (Phi) is 6.89. The highest BCUT2D eigenvalue weighted by molar-refractivity contribution is 5.92. The highest BCUT2D eigenvalue weighted by Gasteiger charge is 2.09. The predicted molar refractivity (Wildman–Crippen MR) is 109 cm³/mol. The summed E-state index contributed by atoms with van der Waals surface area (Å²) in [7, 11) is 3.16. The van der Waals surface area contributed by atoms with Crippen molar-refractivity contribution >= 4 is 11.6 Å². The Morgan fingerprint density at radius 1 is 0.862 bits per heavy atom. The summed E-state index contributed by atoms with van der Waals surface area (Å²) < 4.78 is 21.8. The number of pyridine rings is 1. The zero-order chi connectivity index (χ0) is 20.5. The van der Waals surface area contributed by atoms with Crippen LogP contribution in [0.4, 0.5) is 5.69 Å². The number of ether oxygens (including phenoxy) is 4. The first-order chi connectivity index (χ1) is 14.2. The fourth-order valence-corrected chi connectivity index (χ4v) is 2.53. The molecule has 0 aliphatic rings. The Labute approximate surface area is 169 Å². The van der Waals surface area contributed by atoms with E-state index in [0.717, 1.165) is 11.3 Å². The van der Waals surface area contributed by atoms with Crippen molar-refractivity contribution in [1.29, 1.82) is 0 Å². The summed E-state index contributed by atoms with van der Waals surface area (Å²) in [6.45, 7) is 0.239. The van der Waals surface area contributed by atoms with E-state index >= 15 is 0 Å². The summed E-state index contributed by atoms with van der Waals surface area (Å²) >= 11 is 0. The van der Waals surface area contributed by atoms with E-state index in [-0.39, 0.29) is 12.5 Å². The highest BCUT2D eigenvalue weighted by atomic mass is 16.5. The van der Waals surface area contributed by atoms with Crippen LogP contribution in [-0.4, -0.2) is 31.7 Å². The van der Waals surface area contributed by atoms with Gasteiger partial charge >= 0.3 is 0 Å². The Hall–Kier alpha value is -3.74. The third kappa shape index (κ3) is 5.87. The molecule has 0 aliphatic carbocycles. The molecule has 3 rings (SSSR count). The number of methoxy groups -OCH3 is 2. The van der Waals surface area contributed by atoms with Gasteiger partial charge in [-0.15, -0.1) is 0 Å². The van der Waals surface area contributed by atoms with E-state index in [9.17, 15) is 4.79 Å². The number of hydrogen-bond acceptors (Lipinski definition) is 6. The van der Waals surface area contributed by atoms with Gasteiger partial charge in [0.1, 0.15) is 18.1 Å². The van der Waals surface area contributed by atoms with Crippen LogP contribution in [0.1, 0.15) is 5.56 Å². The van der Waals surface area contributed by atoms with Crippen molar-refractivity contribution in [2.75, 3.05) is 26.1 Å². The van der Waals surface area contributed by atoms with Gasteiger partial charge in [0.25, 0.3) is 5.91 Å². The molecule has 0 fully saturated rings. The van der Waals surface area contributed by atoms with E-state index in [1.807, 2.05) is 12.1 Å². The number of carbonyl (C=O) groups is 1. The fraction of sp³-hybridized carbons (Fsp3) is 0.182. The molecule has 1 amide bonds. The van der Waals surface area contributed by atoms with E-state index in [0.29, 0.717) is 29.5 Å². The molecule has 3 aromatic rings. The minimum atomic E-state index is -0.286. The van der Waals surface area contributed by atoms with Crippen LogP contribution in [0.3, 0.4) is 0 Å². The molecule has 150 valence electrons. The van der Waals surface area contributed by atoms with Gasteiger partial charge in [0, 0.05) is 24.1 Å². The molecule has 2 aromatic carbocycles. The summed E-state index contributed by atoms with van der Waals surface area (Å²) in [5, 5.41) is 2.79. The summed E-state index contributed by atoms with van der Waals surface area (Å²) in [5.74, 6) is 2.12. The number of rotatable bonds is 9. The van der Waals surface area contributed by atoms with Crippen LogP contribution in [0.15, 0.2) is 67.0 Å². The minimum absolute atomic E-state index is 0.119. The van der Waals surface area contributed by atoms with Crippen molar-refractivity contribution in [3.63, 3.8) is 0 Å². The first kappa shape index (κ1) is 20.0. The van der Waals surface area contributed by atoms with Gasteiger partial charge in [0.2, 0.25) is 0 Å². The molecule has 0 spiro atoms. The van der Waals surface area contributed by atoms with Crippen molar-refractivity contribution in [1.82, 2.24) is 4.98 Å². The number of amides is 1. The lowest BCUT2D eigenvalue weighted by Gasteiger charge is -2.13. The van der Waals surface area contributed by atoms with Gasteiger partial charge < -0.3 is 24.3 Å². The van der Waals surface area contributed by atoms with E-state index in [2.05, 4.69) is 10.3 Å². The molecule has 0 saturated heterocycles. The van der Waals surface area contributed by atoms with Gasteiger partial charge in [0.05, 0.1) is 14.2 Å². The normalized spacial score (nSPS) is 10.1. The number of nitrogens with one attached hydrogen (secondary N) is 1. The van der Waals surface area contributed by atoms with Gasteiger partial charge in [-0.1, -0.05) is 0 Å². The van der Waals surface area contributed by atoms with Gasteiger partial charge in [0.15, 0.2) is 18.1 Å². The van der Waals surface area contributed by atoms with Crippen molar-refractivity contribution in [3.8, 4) is 23.0 Å². The second-order valence-corrected chi connectivity index (χ2v) is 6.02. The number of carbonyl (C=O) groups excluding carboxylic acids is 1. The van der Waals surface area contributed by atoms with Crippen LogP contribution in [0, 0.1) is 0 Å². The topological polar surface area (TPSA) is 78.9 Å². The molecule has 7 nitrogen and oxygen atoms in total. The lowest BCUT2D eigenvalue weighted by molar-refractivity contribution is -0.118. The predicted octanol–water partition coefficient (Wildman–Crippen LogP) is 3.70. The lowest BCUT2D eigenvalue weighted by Crippen LogP contribution is -2.20. The van der Waals surface area contributed by atoms with E-state index in [4.69, 9.17) is 18.9 Å². The molecule has 29 heavy (non-hydrogen) atoms. The fourth-order valence-electron chi connectivity index (χ4n) is 2.53. The first-order valence-corrected chi connectivity index (χ1v) is 8.94. The van der Waals surface area contributed by atoms with Crippen LogP contribution in [0.5, 0.6) is 23.0 Å². The molecule has 1 N–H and O–H groups in total. The largest absolute Gasteiger partial charge is 0.497 e. The molecular weight excluding hydrogens is 372 g/mol. The third-order valence-corrected chi connectivity index (χ3v) is 4.02. The second kappa shape index (κ2) is 9.98. The molecule has 1 aromatic heterocycles. The average molecular weight is 394 g/mol. The monoisotopic (exact) mass is 394 g/mol. The molecule has 1 heterocycles. The summed E-state index contributed by atoms with van der Waals surface area (Å²) in [5.41, 5.74) is 1.56. The van der Waals surface area contributed by atoms with E-state index in [1.165, 1.54) is 0 Å². The molecule has 0 aliphatic heterocycles. The lowest BCUT2D eigenvalue weighted by atomic mass is 10.2. The zero-order valence-electron chi connectivity index (χ0n) is 16.3. The zero-order valence-corrected chi connectivity index (χ0v) is 16.3. The quantitative estimate of drug-likeness (QED) is 0.596. The van der Waals surface area contributed by atoms with Crippen LogP contribution in [-0.2, 0) is 11.4 Å². The van der Waals surface area contributed by atoms with Crippen molar-refractivity contribution in [2.24, 2.45) is 0 Å². The summed E-state index contributed by atoms with van der Waals surface area (Å²) in [6.07, 6.45) is 3.41. The average Bonchev–Trinajstić information content (AvgIpc) is 2.77. The highest BCUT2D eigenvalue weighted by Crippen LogP contribution is 2.31. The molecule has 0 saturated carbocycles. The SMILES string of the molecule is COc1ccc(OCC(=O)Nc2ccc(OC)c(OCc3ccncc3)c2)cc1. The van der Waals surface area contributed by atoms with E-state index in [1.54, 1.807) is 69.1 Å². The van der Waals surface area contributed by atoms with Gasteiger partial charge in [-0.2, -0.15) is 0 Å². The van der Waals surface area contributed by atoms with Crippen LogP contribution in [0.25, 0.3) is 0 Å². The van der Waals surface area contributed by atoms with Crippen molar-refractivity contribution in [2.45, 2.75) is 6.61 Å². The number of hydrogen-bond donors (Lipinski definition) is 1. The molecule has 7 heteroatoms.